The van der Waals surface area contributed by atoms with Gasteiger partial charge in [0.15, 0.2) is 0 Å². The standard InChI is InChI=1S/C17H19N5O2S/c1-22-9-11(5-20-22)13-7-18-8-14(13)16(23)19-6-12-10-24-17(21-12)15-3-2-4-25-15/h2-5,9-10,13-14,18H,6-8H2,1H3,(H,19,23)/t13-,14+/m1/s1. The largest absolute Gasteiger partial charge is 0.443 e. The summed E-state index contributed by atoms with van der Waals surface area (Å²) in [5.74, 6) is 0.662. The van der Waals surface area contributed by atoms with Gasteiger partial charge < -0.3 is 15.1 Å². The average molecular weight is 357 g/mol. The zero-order valence-corrected chi connectivity index (χ0v) is 14.6. The van der Waals surface area contributed by atoms with Crippen molar-refractivity contribution in [2.24, 2.45) is 13.0 Å². The molecule has 0 unspecified atom stereocenters. The molecule has 4 rings (SSSR count). The molecule has 25 heavy (non-hydrogen) atoms. The van der Waals surface area contributed by atoms with Gasteiger partial charge in [-0.1, -0.05) is 6.07 Å². The fraction of sp³-hybridized carbons (Fsp3) is 0.353. The molecule has 3 aromatic heterocycles. The fourth-order valence-corrected chi connectivity index (χ4v) is 3.80. The maximum absolute atomic E-state index is 12.6. The van der Waals surface area contributed by atoms with Crippen molar-refractivity contribution in [3.8, 4) is 10.8 Å². The lowest BCUT2D eigenvalue weighted by atomic mass is 9.90. The van der Waals surface area contributed by atoms with Gasteiger partial charge in [0, 0.05) is 32.3 Å². The first-order chi connectivity index (χ1) is 12.2. The van der Waals surface area contributed by atoms with Crippen LogP contribution in [0.4, 0.5) is 0 Å². The maximum atomic E-state index is 12.6. The van der Waals surface area contributed by atoms with Crippen LogP contribution in [0, 0.1) is 5.92 Å². The van der Waals surface area contributed by atoms with Gasteiger partial charge >= 0.3 is 0 Å². The average Bonchev–Trinajstić information content (AvgIpc) is 3.38. The number of thiophene rings is 1. The number of rotatable bonds is 5. The van der Waals surface area contributed by atoms with Crippen LogP contribution in [0.1, 0.15) is 17.2 Å². The normalized spacial score (nSPS) is 20.0. The molecule has 1 fully saturated rings. The smallest absolute Gasteiger partial charge is 0.236 e. The summed E-state index contributed by atoms with van der Waals surface area (Å²) in [6.45, 7) is 1.82. The zero-order chi connectivity index (χ0) is 17.2. The molecule has 4 heterocycles. The topological polar surface area (TPSA) is 85.0 Å². The van der Waals surface area contributed by atoms with E-state index in [1.54, 1.807) is 22.3 Å². The van der Waals surface area contributed by atoms with Gasteiger partial charge in [0.2, 0.25) is 11.8 Å². The van der Waals surface area contributed by atoms with Crippen LogP contribution in [-0.2, 0) is 18.4 Å². The number of aromatic nitrogens is 3. The van der Waals surface area contributed by atoms with Crippen molar-refractivity contribution in [1.82, 2.24) is 25.4 Å². The lowest BCUT2D eigenvalue weighted by Gasteiger charge is -2.16. The summed E-state index contributed by atoms with van der Waals surface area (Å²) in [7, 11) is 1.89. The summed E-state index contributed by atoms with van der Waals surface area (Å²) in [6.07, 6.45) is 5.41. The Hall–Kier alpha value is -2.45. The summed E-state index contributed by atoms with van der Waals surface area (Å²) in [5, 5.41) is 12.5. The zero-order valence-electron chi connectivity index (χ0n) is 13.8. The molecule has 0 bridgehead atoms. The van der Waals surface area contributed by atoms with Crippen LogP contribution in [0.2, 0.25) is 0 Å². The van der Waals surface area contributed by atoms with E-state index in [2.05, 4.69) is 20.7 Å². The van der Waals surface area contributed by atoms with E-state index in [0.29, 0.717) is 19.0 Å². The van der Waals surface area contributed by atoms with Gasteiger partial charge in [0.25, 0.3) is 0 Å². The fourth-order valence-electron chi connectivity index (χ4n) is 3.15. The van der Waals surface area contributed by atoms with E-state index in [9.17, 15) is 4.79 Å². The Bertz CT molecular complexity index is 854. The van der Waals surface area contributed by atoms with Crippen LogP contribution in [-0.4, -0.2) is 33.8 Å². The van der Waals surface area contributed by atoms with Crippen molar-refractivity contribution in [2.75, 3.05) is 13.1 Å². The third-order valence-corrected chi connectivity index (χ3v) is 5.29. The second-order valence-corrected chi connectivity index (χ2v) is 7.11. The van der Waals surface area contributed by atoms with Gasteiger partial charge in [-0.2, -0.15) is 5.10 Å². The lowest BCUT2D eigenvalue weighted by molar-refractivity contribution is -0.125. The SMILES string of the molecule is Cn1cc([C@H]2CNC[C@@H]2C(=O)NCc2coc(-c3cccs3)n2)cn1. The lowest BCUT2D eigenvalue weighted by Crippen LogP contribution is -2.34. The molecule has 0 spiro atoms. The van der Waals surface area contributed by atoms with E-state index < -0.39 is 0 Å². The maximum Gasteiger partial charge on any atom is 0.236 e. The number of oxazole rings is 1. The Morgan fingerprint density at radius 2 is 2.44 bits per heavy atom. The first kappa shape index (κ1) is 16.0. The number of aryl methyl sites for hydroxylation is 1. The molecule has 130 valence electrons. The molecular weight excluding hydrogens is 338 g/mol. The monoisotopic (exact) mass is 357 g/mol. The van der Waals surface area contributed by atoms with Crippen LogP contribution in [0.3, 0.4) is 0 Å². The van der Waals surface area contributed by atoms with Crippen LogP contribution in [0.25, 0.3) is 10.8 Å². The third kappa shape index (κ3) is 3.35. The minimum atomic E-state index is -0.104. The summed E-state index contributed by atoms with van der Waals surface area (Å²) in [6, 6.07) is 3.92. The summed E-state index contributed by atoms with van der Waals surface area (Å²) in [5.41, 5.74) is 1.81. The molecule has 0 radical (unpaired) electrons. The van der Waals surface area contributed by atoms with E-state index in [4.69, 9.17) is 4.42 Å². The van der Waals surface area contributed by atoms with Crippen LogP contribution < -0.4 is 10.6 Å². The Kier molecular flexibility index (Phi) is 4.37. The van der Waals surface area contributed by atoms with E-state index in [0.717, 1.165) is 22.7 Å². The first-order valence-corrected chi connectivity index (χ1v) is 9.04. The molecule has 1 aliphatic rings. The minimum absolute atomic E-state index is 0.0273. The Labute approximate surface area is 149 Å². The second kappa shape index (κ2) is 6.81. The van der Waals surface area contributed by atoms with E-state index in [-0.39, 0.29) is 17.7 Å². The molecule has 1 aliphatic heterocycles. The highest BCUT2D eigenvalue weighted by atomic mass is 32.1. The van der Waals surface area contributed by atoms with E-state index in [1.165, 1.54) is 0 Å². The molecule has 2 N–H and O–H groups in total. The van der Waals surface area contributed by atoms with Crippen molar-refractivity contribution < 1.29 is 9.21 Å². The highest BCUT2D eigenvalue weighted by Gasteiger charge is 2.34. The predicted molar refractivity (Wildman–Crippen MR) is 94.0 cm³/mol. The molecule has 8 heteroatoms. The van der Waals surface area contributed by atoms with Gasteiger partial charge in [-0.05, 0) is 17.0 Å². The van der Waals surface area contributed by atoms with E-state index in [1.807, 2.05) is 37.0 Å². The molecule has 1 saturated heterocycles. The van der Waals surface area contributed by atoms with Crippen LogP contribution >= 0.6 is 11.3 Å². The number of carbonyl (C=O) groups excluding carboxylic acids is 1. The van der Waals surface area contributed by atoms with Crippen molar-refractivity contribution in [1.29, 1.82) is 0 Å². The molecule has 2 atom stereocenters. The Morgan fingerprint density at radius 1 is 1.52 bits per heavy atom. The molecular formula is C17H19N5O2S. The predicted octanol–water partition coefficient (Wildman–Crippen LogP) is 1.76. The van der Waals surface area contributed by atoms with Gasteiger partial charge in [-0.25, -0.2) is 4.98 Å². The number of nitrogens with zero attached hydrogens (tertiary/aromatic N) is 3. The van der Waals surface area contributed by atoms with Gasteiger partial charge in [0.1, 0.15) is 6.26 Å². The summed E-state index contributed by atoms with van der Waals surface area (Å²) >= 11 is 1.57. The van der Waals surface area contributed by atoms with Crippen LogP contribution in [0.5, 0.6) is 0 Å². The van der Waals surface area contributed by atoms with Crippen molar-refractivity contribution >= 4 is 17.2 Å². The number of hydrogen-bond donors (Lipinski definition) is 2. The number of nitrogens with one attached hydrogen (secondary N) is 2. The van der Waals surface area contributed by atoms with Crippen molar-refractivity contribution in [2.45, 2.75) is 12.5 Å². The van der Waals surface area contributed by atoms with E-state index >= 15 is 0 Å². The highest BCUT2D eigenvalue weighted by Crippen LogP contribution is 2.28. The van der Waals surface area contributed by atoms with Crippen LogP contribution in [0.15, 0.2) is 40.6 Å². The van der Waals surface area contributed by atoms with Crippen molar-refractivity contribution in [3.63, 3.8) is 0 Å². The number of carbonyl (C=O) groups is 1. The molecule has 0 aliphatic carbocycles. The summed E-state index contributed by atoms with van der Waals surface area (Å²) in [4.78, 5) is 18.0. The van der Waals surface area contributed by atoms with Crippen molar-refractivity contribution in [3.05, 3.63) is 47.4 Å². The quantitative estimate of drug-likeness (QED) is 0.727. The minimum Gasteiger partial charge on any atom is -0.443 e. The second-order valence-electron chi connectivity index (χ2n) is 6.16. The molecule has 7 nitrogen and oxygen atoms in total. The Morgan fingerprint density at radius 3 is 3.20 bits per heavy atom. The van der Waals surface area contributed by atoms with Gasteiger partial charge in [-0.15, -0.1) is 11.3 Å². The molecule has 0 saturated carbocycles. The molecule has 1 amide bonds. The van der Waals surface area contributed by atoms with Gasteiger partial charge in [0.05, 0.1) is 29.2 Å². The number of amides is 1. The molecule has 3 aromatic rings. The highest BCUT2D eigenvalue weighted by molar-refractivity contribution is 7.13. The first-order valence-electron chi connectivity index (χ1n) is 8.16. The molecule has 0 aromatic carbocycles. The number of hydrogen-bond acceptors (Lipinski definition) is 6. The summed E-state index contributed by atoms with van der Waals surface area (Å²) < 4.78 is 7.25. The van der Waals surface area contributed by atoms with Gasteiger partial charge in [-0.3, -0.25) is 9.48 Å². The third-order valence-electron chi connectivity index (χ3n) is 4.43. The Balaban J connectivity index is 1.38.